The van der Waals surface area contributed by atoms with Crippen LogP contribution < -0.4 is 5.32 Å². The lowest BCUT2D eigenvalue weighted by Crippen LogP contribution is -2.44. The Morgan fingerprint density at radius 2 is 2.03 bits per heavy atom. The van der Waals surface area contributed by atoms with Crippen molar-refractivity contribution in [2.24, 2.45) is 5.92 Å². The van der Waals surface area contributed by atoms with E-state index in [1.165, 1.54) is 0 Å². The number of hydrogen-bond donors (Lipinski definition) is 2. The van der Waals surface area contributed by atoms with E-state index >= 15 is 0 Å². The number of anilines is 1. The van der Waals surface area contributed by atoms with Gasteiger partial charge in [0.05, 0.1) is 5.92 Å². The molecule has 7 heteroatoms. The van der Waals surface area contributed by atoms with Crippen molar-refractivity contribution in [2.45, 2.75) is 46.0 Å². The highest BCUT2D eigenvalue weighted by Crippen LogP contribution is 2.28. The first-order valence-electron chi connectivity index (χ1n) is 10.2. The van der Waals surface area contributed by atoms with Gasteiger partial charge in [-0.3, -0.25) is 14.4 Å². The monoisotopic (exact) mass is 394 g/mol. The summed E-state index contributed by atoms with van der Waals surface area (Å²) in [5, 5.41) is 2.85. The van der Waals surface area contributed by atoms with E-state index in [1.54, 1.807) is 17.2 Å². The van der Waals surface area contributed by atoms with Crippen molar-refractivity contribution >= 4 is 23.4 Å². The molecule has 1 aliphatic carbocycles. The summed E-state index contributed by atoms with van der Waals surface area (Å²) in [6, 6.07) is 3.68. The van der Waals surface area contributed by atoms with E-state index in [0.29, 0.717) is 36.6 Å². The van der Waals surface area contributed by atoms with Crippen LogP contribution in [-0.2, 0) is 11.2 Å². The lowest BCUT2D eigenvalue weighted by atomic mass is 9.93. The van der Waals surface area contributed by atoms with Crippen molar-refractivity contribution in [1.29, 1.82) is 0 Å². The van der Waals surface area contributed by atoms with E-state index in [-0.39, 0.29) is 23.5 Å². The third-order valence-electron chi connectivity index (χ3n) is 5.89. The third-order valence-corrected chi connectivity index (χ3v) is 5.89. The van der Waals surface area contributed by atoms with Crippen LogP contribution in [0.1, 0.15) is 63.4 Å². The zero-order valence-corrected chi connectivity index (χ0v) is 16.9. The molecule has 2 amide bonds. The third kappa shape index (κ3) is 3.81. The van der Waals surface area contributed by atoms with Gasteiger partial charge in [-0.25, -0.2) is 4.98 Å². The normalized spacial score (nSPS) is 19.0. The number of Topliss-reactive ketones (excluding diaryl/α,β-unsaturated/α-hetero) is 1. The lowest BCUT2D eigenvalue weighted by molar-refractivity contribution is -0.121. The predicted molar refractivity (Wildman–Crippen MR) is 109 cm³/mol. The number of ketones is 1. The van der Waals surface area contributed by atoms with Gasteiger partial charge in [0.25, 0.3) is 5.91 Å². The van der Waals surface area contributed by atoms with Crippen molar-refractivity contribution in [3.8, 4) is 0 Å². The van der Waals surface area contributed by atoms with E-state index in [2.05, 4.69) is 15.3 Å². The Morgan fingerprint density at radius 3 is 2.76 bits per heavy atom. The Morgan fingerprint density at radius 1 is 1.21 bits per heavy atom. The molecule has 7 nitrogen and oxygen atoms in total. The molecule has 0 spiro atoms. The number of aryl methyl sites for hydroxylation is 2. The van der Waals surface area contributed by atoms with Crippen molar-refractivity contribution < 1.29 is 14.4 Å². The molecule has 1 atom stereocenters. The van der Waals surface area contributed by atoms with Crippen LogP contribution in [-0.4, -0.2) is 45.6 Å². The van der Waals surface area contributed by atoms with Gasteiger partial charge in [0, 0.05) is 37.0 Å². The first kappa shape index (κ1) is 19.4. The lowest BCUT2D eigenvalue weighted by Gasteiger charge is -2.32. The number of likely N-dealkylation sites (tertiary alicyclic amines) is 1. The number of hydrogen-bond acceptors (Lipinski definition) is 4. The fraction of sp³-hybridized carbons (Fsp3) is 0.455. The molecule has 152 valence electrons. The SMILES string of the molecule is Cc1ccc(NC(=O)C2CCCN(C(=O)c3[nH]c4c(c3C)C(=O)CCC4)C2)nc1. The number of pyridine rings is 1. The van der Waals surface area contributed by atoms with Crippen LogP contribution in [0.15, 0.2) is 18.3 Å². The maximum absolute atomic E-state index is 13.1. The van der Waals surface area contributed by atoms with Gasteiger partial charge in [0.15, 0.2) is 5.78 Å². The molecule has 0 saturated carbocycles. The Kier molecular flexibility index (Phi) is 5.22. The highest BCUT2D eigenvalue weighted by Gasteiger charge is 2.32. The molecular weight excluding hydrogens is 368 g/mol. The number of H-pyrrole nitrogens is 1. The van der Waals surface area contributed by atoms with E-state index in [1.807, 2.05) is 19.9 Å². The van der Waals surface area contributed by atoms with Gasteiger partial charge in [0.2, 0.25) is 5.91 Å². The largest absolute Gasteiger partial charge is 0.354 e. The van der Waals surface area contributed by atoms with Crippen molar-refractivity contribution in [3.63, 3.8) is 0 Å². The van der Waals surface area contributed by atoms with E-state index < -0.39 is 0 Å². The molecule has 2 N–H and O–H groups in total. The van der Waals surface area contributed by atoms with Crippen LogP contribution in [0, 0.1) is 19.8 Å². The maximum Gasteiger partial charge on any atom is 0.270 e. The summed E-state index contributed by atoms with van der Waals surface area (Å²) in [6.45, 7) is 4.76. The number of aromatic nitrogens is 2. The van der Waals surface area contributed by atoms with Gasteiger partial charge >= 0.3 is 0 Å². The molecule has 2 aromatic heterocycles. The minimum Gasteiger partial charge on any atom is -0.354 e. The summed E-state index contributed by atoms with van der Waals surface area (Å²) in [5.41, 5.74) is 3.83. The first-order valence-corrected chi connectivity index (χ1v) is 10.2. The number of rotatable bonds is 3. The highest BCUT2D eigenvalue weighted by molar-refractivity contribution is 6.04. The number of fused-ring (bicyclic) bond motifs is 1. The molecule has 1 fully saturated rings. The second kappa shape index (κ2) is 7.81. The average Bonchev–Trinajstić information content (AvgIpc) is 3.07. The predicted octanol–water partition coefficient (Wildman–Crippen LogP) is 3.04. The van der Waals surface area contributed by atoms with E-state index in [0.717, 1.165) is 42.5 Å². The summed E-state index contributed by atoms with van der Waals surface area (Å²) in [6.07, 6.45) is 5.37. The number of amides is 2. The molecule has 1 aliphatic heterocycles. The summed E-state index contributed by atoms with van der Waals surface area (Å²) >= 11 is 0. The number of nitrogens with one attached hydrogen (secondary N) is 2. The van der Waals surface area contributed by atoms with Crippen LogP contribution in [0.5, 0.6) is 0 Å². The second-order valence-electron chi connectivity index (χ2n) is 8.06. The van der Waals surface area contributed by atoms with Gasteiger partial charge in [-0.1, -0.05) is 6.07 Å². The van der Waals surface area contributed by atoms with Crippen LogP contribution in [0.2, 0.25) is 0 Å². The number of carbonyl (C=O) groups is 3. The molecule has 2 aromatic rings. The van der Waals surface area contributed by atoms with Gasteiger partial charge in [-0.05, 0) is 56.7 Å². The summed E-state index contributed by atoms with van der Waals surface area (Å²) in [5.74, 6) is 0.116. The molecule has 2 aliphatic rings. The number of nitrogens with zero attached hydrogens (tertiary/aromatic N) is 2. The summed E-state index contributed by atoms with van der Waals surface area (Å²) in [7, 11) is 0. The smallest absolute Gasteiger partial charge is 0.270 e. The molecule has 1 unspecified atom stereocenters. The fourth-order valence-corrected chi connectivity index (χ4v) is 4.29. The maximum atomic E-state index is 13.1. The van der Waals surface area contributed by atoms with Gasteiger partial charge in [-0.2, -0.15) is 0 Å². The zero-order chi connectivity index (χ0) is 20.5. The van der Waals surface area contributed by atoms with Crippen LogP contribution >= 0.6 is 0 Å². The Hall–Kier alpha value is -2.96. The van der Waals surface area contributed by atoms with Gasteiger partial charge < -0.3 is 15.2 Å². The van der Waals surface area contributed by atoms with Crippen LogP contribution in [0.4, 0.5) is 5.82 Å². The van der Waals surface area contributed by atoms with Crippen molar-refractivity contribution in [1.82, 2.24) is 14.9 Å². The van der Waals surface area contributed by atoms with Crippen LogP contribution in [0.25, 0.3) is 0 Å². The molecular formula is C22H26N4O3. The minimum absolute atomic E-state index is 0.112. The van der Waals surface area contributed by atoms with E-state index in [9.17, 15) is 14.4 Å². The molecule has 3 heterocycles. The van der Waals surface area contributed by atoms with Crippen molar-refractivity contribution in [2.75, 3.05) is 18.4 Å². The Labute approximate surface area is 169 Å². The van der Waals surface area contributed by atoms with E-state index in [4.69, 9.17) is 0 Å². The zero-order valence-electron chi connectivity index (χ0n) is 16.9. The molecule has 4 rings (SSSR count). The van der Waals surface area contributed by atoms with Gasteiger partial charge in [0.1, 0.15) is 11.5 Å². The molecule has 0 radical (unpaired) electrons. The average molecular weight is 394 g/mol. The molecule has 29 heavy (non-hydrogen) atoms. The number of carbonyl (C=O) groups excluding carboxylic acids is 3. The Balaban J connectivity index is 1.47. The standard InChI is InChI=1S/C22H26N4O3/c1-13-8-9-18(23-11-13)25-21(28)15-5-4-10-26(12-15)22(29)20-14(2)19-16(24-20)6-3-7-17(19)27/h8-9,11,15,24H,3-7,10,12H2,1-2H3,(H,23,25,28). The first-order chi connectivity index (χ1) is 13.9. The quantitative estimate of drug-likeness (QED) is 0.836. The molecule has 1 saturated heterocycles. The Bertz CT molecular complexity index is 961. The van der Waals surface area contributed by atoms with Crippen LogP contribution in [0.3, 0.4) is 0 Å². The minimum atomic E-state index is -0.276. The summed E-state index contributed by atoms with van der Waals surface area (Å²) < 4.78 is 0. The topological polar surface area (TPSA) is 95.2 Å². The molecule has 0 bridgehead atoms. The van der Waals surface area contributed by atoms with Crippen molar-refractivity contribution in [3.05, 3.63) is 46.4 Å². The number of aromatic amines is 1. The van der Waals surface area contributed by atoms with Gasteiger partial charge in [-0.15, -0.1) is 0 Å². The summed E-state index contributed by atoms with van der Waals surface area (Å²) in [4.78, 5) is 47.2. The highest BCUT2D eigenvalue weighted by atomic mass is 16.2. The molecule has 0 aromatic carbocycles. The fourth-order valence-electron chi connectivity index (χ4n) is 4.29. The second-order valence-corrected chi connectivity index (χ2v) is 8.06. The number of piperidine rings is 1.